The van der Waals surface area contributed by atoms with Gasteiger partial charge in [-0.3, -0.25) is 4.79 Å². The van der Waals surface area contributed by atoms with E-state index in [2.05, 4.69) is 116 Å². The molecule has 1 atom stereocenters. The molecule has 0 fully saturated rings. The van der Waals surface area contributed by atoms with Crippen molar-refractivity contribution in [3.63, 3.8) is 0 Å². The number of alkyl halides is 1. The summed E-state index contributed by atoms with van der Waals surface area (Å²) in [5.74, 6) is 0. The normalized spacial score (nSPS) is 11.5. The van der Waals surface area contributed by atoms with Gasteiger partial charge in [0.25, 0.3) is 0 Å². The molecule has 0 aliphatic rings. The zero-order valence-electron chi connectivity index (χ0n) is 42.2. The summed E-state index contributed by atoms with van der Waals surface area (Å²) in [6.07, 6.45) is 13.5. The smallest absolute Gasteiger partial charge is 0.332 e. The molecule has 0 spiro atoms. The lowest BCUT2D eigenvalue weighted by atomic mass is 10.2. The van der Waals surface area contributed by atoms with Crippen molar-refractivity contribution in [3.8, 4) is 0 Å². The van der Waals surface area contributed by atoms with Gasteiger partial charge in [0, 0.05) is 52.6 Å². The number of benzene rings is 5. The number of thiazole rings is 3. The van der Waals surface area contributed by atoms with Gasteiger partial charge < -0.3 is 28.1 Å². The summed E-state index contributed by atoms with van der Waals surface area (Å²) < 4.78 is 24.7. The zero-order chi connectivity index (χ0) is 51.2. The van der Waals surface area contributed by atoms with Crippen LogP contribution in [0.4, 0.5) is 11.4 Å². The number of anilines is 2. The molecule has 15 heteroatoms. The molecular formula is C56H67BrN5O5PS3. The average Bonchev–Trinajstić information content (AvgIpc) is 4.12. The molecule has 10 nitrogen and oxygen atoms in total. The predicted octanol–water partition coefficient (Wildman–Crippen LogP) is 15.8. The van der Waals surface area contributed by atoms with Crippen LogP contribution in [0.2, 0.25) is 0 Å². The maximum Gasteiger partial charge on any atom is 0.332 e. The Kier molecular flexibility index (Phi) is 27.7. The van der Waals surface area contributed by atoms with Crippen molar-refractivity contribution in [3.05, 3.63) is 166 Å². The van der Waals surface area contributed by atoms with Crippen LogP contribution in [0.5, 0.6) is 0 Å². The van der Waals surface area contributed by atoms with Gasteiger partial charge in [-0.2, -0.15) is 0 Å². The third kappa shape index (κ3) is 21.7. The number of hydrogen-bond donors (Lipinski definition) is 0. The number of carbonyl (C=O) groups excluding carboxylic acids is 1. The first-order valence-electron chi connectivity index (χ1n) is 23.4. The van der Waals surface area contributed by atoms with Crippen LogP contribution in [0.15, 0.2) is 140 Å². The average molecular weight is 1100 g/mol. The number of nitrogens with zero attached hydrogens (tertiary/aromatic N) is 5. The van der Waals surface area contributed by atoms with Crippen molar-refractivity contribution in [2.75, 3.05) is 64.4 Å². The highest BCUT2D eigenvalue weighted by atomic mass is 79.9. The largest absolute Gasteiger partial charge is 0.378 e. The second kappa shape index (κ2) is 33.6. The first kappa shape index (κ1) is 58.6. The molecule has 71 heavy (non-hydrogen) atoms. The number of fused-ring (bicyclic) bond motifs is 3. The third-order valence-electron chi connectivity index (χ3n) is 9.54. The number of para-hydroxylation sites is 3. The minimum absolute atomic E-state index is 0.260. The number of aromatic nitrogens is 3. The molecule has 0 saturated heterocycles. The van der Waals surface area contributed by atoms with Gasteiger partial charge in [-0.1, -0.05) is 101 Å². The van der Waals surface area contributed by atoms with E-state index in [0.717, 1.165) is 67.5 Å². The van der Waals surface area contributed by atoms with Crippen LogP contribution in [0.3, 0.4) is 0 Å². The fraction of sp³-hybridized carbons (Fsp3) is 0.286. The van der Waals surface area contributed by atoms with Crippen molar-refractivity contribution in [1.29, 1.82) is 0 Å². The fourth-order valence-electron chi connectivity index (χ4n) is 6.19. The Morgan fingerprint density at radius 2 is 0.972 bits per heavy atom. The summed E-state index contributed by atoms with van der Waals surface area (Å²) in [5.41, 5.74) is 7.87. The molecule has 0 amide bonds. The summed E-state index contributed by atoms with van der Waals surface area (Å²) >= 11 is 8.59. The minimum Gasteiger partial charge on any atom is -0.378 e. The molecule has 0 bridgehead atoms. The molecule has 0 aliphatic carbocycles. The standard InChI is InChI=1S/C19H18N2S.C12H15NOS.C11H13NO.C8H6BrNS.C6H15O3P/c1-21(2)16-13-11-15(12-14-16)7-3-6-10-19-20-17-8-4-5-9-18(17)22-19;1-3-14-9(2)8-12-13-10-6-4-5-7-11(10)15-12;1-12(2)11-7-5-10(6-8-11)4-3-9-13;9-5-8-10-6-3-1-2-4-7(6)11-8;1-4-7-10(8-5-2)9-6-3/h3-14H,1-2H3;4-7,9H,3,8H2,1-2H3;3-9H,1-2H3;1-4H,5H2;4-6H2,1-3H3/b7-3+,10-6+;;4-3+;;. The lowest BCUT2D eigenvalue weighted by molar-refractivity contribution is -0.104. The van der Waals surface area contributed by atoms with E-state index in [1.165, 1.54) is 31.4 Å². The van der Waals surface area contributed by atoms with Crippen molar-refractivity contribution in [1.82, 2.24) is 15.0 Å². The quantitative estimate of drug-likeness (QED) is 0.0272. The number of allylic oxidation sites excluding steroid dienone is 3. The van der Waals surface area contributed by atoms with E-state index in [1.807, 2.05) is 134 Å². The maximum atomic E-state index is 10.1. The Morgan fingerprint density at radius 3 is 1.39 bits per heavy atom. The van der Waals surface area contributed by atoms with Gasteiger partial charge in [0.2, 0.25) is 0 Å². The van der Waals surface area contributed by atoms with Gasteiger partial charge in [-0.15, -0.1) is 34.0 Å². The SMILES string of the molecule is BrCc1nc2ccccc2s1.CCOC(C)Cc1nc2ccccc2s1.CCOP(OCC)OCC.CN(C)c1ccc(/C=C/C=C/c2nc3ccccc3s2)cc1.CN(C)c1ccc(/C=C/C=O)cc1. The molecule has 0 radical (unpaired) electrons. The number of rotatable bonds is 18. The second-order valence-electron chi connectivity index (χ2n) is 15.4. The second-order valence-corrected chi connectivity index (χ2v) is 20.5. The summed E-state index contributed by atoms with van der Waals surface area (Å²) in [6, 6.07) is 41.1. The van der Waals surface area contributed by atoms with E-state index in [-0.39, 0.29) is 6.10 Å². The summed E-state index contributed by atoms with van der Waals surface area (Å²) in [4.78, 5) is 27.7. The van der Waals surface area contributed by atoms with Gasteiger partial charge in [0.05, 0.1) is 66.9 Å². The van der Waals surface area contributed by atoms with E-state index >= 15 is 0 Å². The van der Waals surface area contributed by atoms with Crippen LogP contribution in [-0.4, -0.2) is 82.0 Å². The van der Waals surface area contributed by atoms with E-state index in [1.54, 1.807) is 40.1 Å². The number of carbonyl (C=O) groups is 1. The van der Waals surface area contributed by atoms with Gasteiger partial charge in [-0.05, 0) is 119 Å². The van der Waals surface area contributed by atoms with Crippen LogP contribution in [-0.2, 0) is 34.9 Å². The van der Waals surface area contributed by atoms with Gasteiger partial charge in [0.15, 0.2) is 0 Å². The number of ether oxygens (including phenoxy) is 1. The van der Waals surface area contributed by atoms with Gasteiger partial charge in [0.1, 0.15) is 16.3 Å². The highest BCUT2D eigenvalue weighted by Crippen LogP contribution is 2.38. The molecular weight excluding hydrogens is 1030 g/mol. The Balaban J connectivity index is 0.000000199. The minimum atomic E-state index is -1.06. The van der Waals surface area contributed by atoms with Gasteiger partial charge >= 0.3 is 8.60 Å². The summed E-state index contributed by atoms with van der Waals surface area (Å²) in [6.45, 7) is 12.6. The van der Waals surface area contributed by atoms with Crippen molar-refractivity contribution >= 4 is 125 Å². The molecule has 1 unspecified atom stereocenters. The predicted molar refractivity (Wildman–Crippen MR) is 313 cm³/mol. The van der Waals surface area contributed by atoms with E-state index < -0.39 is 8.60 Å². The topological polar surface area (TPSA) is 99.1 Å². The zero-order valence-corrected chi connectivity index (χ0v) is 47.2. The van der Waals surface area contributed by atoms with Crippen molar-refractivity contribution in [2.45, 2.75) is 52.5 Å². The molecule has 376 valence electrons. The van der Waals surface area contributed by atoms with Crippen molar-refractivity contribution < 1.29 is 23.1 Å². The Bertz CT molecular complexity index is 2700. The number of halogens is 1. The molecule has 8 aromatic rings. The fourth-order valence-corrected chi connectivity index (χ4v) is 10.3. The highest BCUT2D eigenvalue weighted by molar-refractivity contribution is 9.08. The Hall–Kier alpha value is -4.99. The molecule has 5 aromatic carbocycles. The molecule has 3 heterocycles. The third-order valence-corrected chi connectivity index (χ3v) is 14.9. The molecule has 0 N–H and O–H groups in total. The van der Waals surface area contributed by atoms with Crippen LogP contribution in [0.1, 0.15) is 60.8 Å². The lowest BCUT2D eigenvalue weighted by Crippen LogP contribution is -2.10. The number of hydrogen-bond acceptors (Lipinski definition) is 13. The molecule has 3 aromatic heterocycles. The maximum absolute atomic E-state index is 10.1. The van der Waals surface area contributed by atoms with Crippen LogP contribution in [0.25, 0.3) is 48.9 Å². The summed E-state index contributed by atoms with van der Waals surface area (Å²) in [5, 5.41) is 4.20. The van der Waals surface area contributed by atoms with E-state index in [4.69, 9.17) is 18.3 Å². The van der Waals surface area contributed by atoms with Crippen LogP contribution in [0, 0.1) is 0 Å². The van der Waals surface area contributed by atoms with Crippen molar-refractivity contribution in [2.24, 2.45) is 0 Å². The molecule has 8 rings (SSSR count). The van der Waals surface area contributed by atoms with Gasteiger partial charge in [-0.25, -0.2) is 15.0 Å². The van der Waals surface area contributed by atoms with E-state index in [0.29, 0.717) is 19.8 Å². The van der Waals surface area contributed by atoms with Crippen LogP contribution < -0.4 is 9.80 Å². The first-order valence-corrected chi connectivity index (χ1v) is 28.1. The van der Waals surface area contributed by atoms with E-state index in [9.17, 15) is 4.79 Å². The summed E-state index contributed by atoms with van der Waals surface area (Å²) in [7, 11) is 7.03. The lowest BCUT2D eigenvalue weighted by Gasteiger charge is -2.12. The molecule has 0 saturated carbocycles. The Labute approximate surface area is 442 Å². The molecule has 0 aliphatic heterocycles. The highest BCUT2D eigenvalue weighted by Gasteiger charge is 2.09. The monoisotopic (exact) mass is 1100 g/mol. The van der Waals surface area contributed by atoms with Crippen LogP contribution >= 0.6 is 58.5 Å². The first-order chi connectivity index (χ1) is 34.5. The Morgan fingerprint density at radius 1 is 0.549 bits per heavy atom. The number of aldehydes is 1.